The van der Waals surface area contributed by atoms with Gasteiger partial charge in [0.05, 0.1) is 0 Å². The van der Waals surface area contributed by atoms with Gasteiger partial charge in [-0.3, -0.25) is 0 Å². The first-order valence-electron chi connectivity index (χ1n) is 4.13. The summed E-state index contributed by atoms with van der Waals surface area (Å²) in [5.41, 5.74) is 0. The van der Waals surface area contributed by atoms with Crippen molar-refractivity contribution in [3.63, 3.8) is 0 Å². The Morgan fingerprint density at radius 2 is 0.857 bits per heavy atom. The van der Waals surface area contributed by atoms with Crippen molar-refractivity contribution in [2.45, 2.75) is 0 Å². The first-order valence-corrected chi connectivity index (χ1v) is 4.13. The highest BCUT2D eigenvalue weighted by molar-refractivity contribution is 5.75. The summed E-state index contributed by atoms with van der Waals surface area (Å²) in [7, 11) is 0. The molecule has 0 saturated heterocycles. The molecule has 1 nitrogen and oxygen atoms in total. The fraction of sp³-hybridized carbons (Fsp3) is 0. The molecule has 0 radical (unpaired) electrons. The molecule has 0 saturated carbocycles. The number of benzene rings is 2. The fourth-order valence-electron chi connectivity index (χ4n) is 0.813. The van der Waals surface area contributed by atoms with Crippen molar-refractivity contribution >= 4 is 17.4 Å². The van der Waals surface area contributed by atoms with Crippen LogP contribution in [-0.2, 0) is 0 Å². The second kappa shape index (κ2) is 8.37. The third-order valence-corrected chi connectivity index (χ3v) is 1.42. The van der Waals surface area contributed by atoms with E-state index in [-0.39, 0.29) is 17.4 Å². The van der Waals surface area contributed by atoms with Crippen molar-refractivity contribution in [1.82, 2.24) is 0 Å². The fourth-order valence-corrected chi connectivity index (χ4v) is 0.813. The number of aromatic hydroxyl groups is 1. The summed E-state index contributed by atoms with van der Waals surface area (Å²) in [4.78, 5) is 0. The number of hydrogen-bond acceptors (Lipinski definition) is 1. The lowest BCUT2D eigenvalue weighted by atomic mass is 10.3. The Morgan fingerprint density at radius 1 is 0.571 bits per heavy atom. The molecule has 0 bridgehead atoms. The minimum Gasteiger partial charge on any atom is -0.508 e. The van der Waals surface area contributed by atoms with Gasteiger partial charge in [0.25, 0.3) is 0 Å². The third-order valence-electron chi connectivity index (χ3n) is 1.42. The van der Waals surface area contributed by atoms with E-state index in [1.807, 2.05) is 42.5 Å². The molecule has 2 aromatic rings. The molecule has 1 N–H and O–H groups in total. The summed E-state index contributed by atoms with van der Waals surface area (Å²) in [5.74, 6) is 0.322. The molecule has 0 fully saturated rings. The largest absolute Gasteiger partial charge is 0.508 e. The standard InChI is InChI=1S/C6H6O.C6H6.Al.3H/c7-6-4-2-1-3-5-6;1-2-4-6-5-3-1;;;;/h1-5,7H;1-6H;;;;. The molecular formula is C12H15AlO. The monoisotopic (exact) mass is 202 g/mol. The predicted molar refractivity (Wildman–Crippen MR) is 64.5 cm³/mol. The summed E-state index contributed by atoms with van der Waals surface area (Å²) in [6, 6.07) is 20.7. The molecule has 2 rings (SSSR count). The van der Waals surface area contributed by atoms with Crippen molar-refractivity contribution in [3.8, 4) is 5.75 Å². The second-order valence-corrected chi connectivity index (χ2v) is 2.49. The van der Waals surface area contributed by atoms with Gasteiger partial charge in [-0.25, -0.2) is 0 Å². The molecule has 0 aliphatic carbocycles. The van der Waals surface area contributed by atoms with Crippen LogP contribution in [0.15, 0.2) is 66.7 Å². The first kappa shape index (κ1) is 12.8. The predicted octanol–water partition coefficient (Wildman–Crippen LogP) is 1.89. The molecule has 0 aromatic heterocycles. The van der Waals surface area contributed by atoms with Gasteiger partial charge >= 0.3 is 0 Å². The Kier molecular flexibility index (Phi) is 7.64. The Balaban J connectivity index is 0.000000227. The van der Waals surface area contributed by atoms with Crippen LogP contribution in [0.3, 0.4) is 0 Å². The lowest BCUT2D eigenvalue weighted by Crippen LogP contribution is -1.56. The first-order chi connectivity index (χ1) is 6.39. The average molecular weight is 202 g/mol. The van der Waals surface area contributed by atoms with Crippen molar-refractivity contribution in [2.75, 3.05) is 0 Å². The van der Waals surface area contributed by atoms with Crippen LogP contribution in [0, 0.1) is 0 Å². The summed E-state index contributed by atoms with van der Waals surface area (Å²) >= 11 is 0. The summed E-state index contributed by atoms with van der Waals surface area (Å²) in [5, 5.41) is 8.63. The van der Waals surface area contributed by atoms with Gasteiger partial charge < -0.3 is 5.11 Å². The lowest BCUT2D eigenvalue weighted by molar-refractivity contribution is 0.475. The highest BCUT2D eigenvalue weighted by atomic mass is 27.0. The molecule has 0 spiro atoms. The highest BCUT2D eigenvalue weighted by Crippen LogP contribution is 2.02. The Labute approximate surface area is 95.2 Å². The molecule has 0 aliphatic heterocycles. The molecule has 2 heteroatoms. The van der Waals surface area contributed by atoms with E-state index in [0.717, 1.165) is 0 Å². The number of hydrogen-bond donors (Lipinski definition) is 1. The maximum absolute atomic E-state index is 8.63. The van der Waals surface area contributed by atoms with Crippen LogP contribution < -0.4 is 0 Å². The SMILES string of the molecule is Oc1ccccc1.[AlH3].c1ccccc1. The second-order valence-electron chi connectivity index (χ2n) is 2.49. The quantitative estimate of drug-likeness (QED) is 0.647. The maximum Gasteiger partial charge on any atom is 0.187 e. The van der Waals surface area contributed by atoms with Crippen molar-refractivity contribution < 1.29 is 5.11 Å². The lowest BCUT2D eigenvalue weighted by Gasteiger charge is -1.82. The normalized spacial score (nSPS) is 7.71. The van der Waals surface area contributed by atoms with E-state index < -0.39 is 0 Å². The average Bonchev–Trinajstić information content (AvgIpc) is 2.22. The van der Waals surface area contributed by atoms with Crippen LogP contribution in [0.4, 0.5) is 0 Å². The number of phenolic OH excluding ortho intramolecular Hbond substituents is 1. The van der Waals surface area contributed by atoms with E-state index in [2.05, 4.69) is 0 Å². The molecular weight excluding hydrogens is 187 g/mol. The van der Waals surface area contributed by atoms with E-state index in [1.54, 1.807) is 24.3 Å². The van der Waals surface area contributed by atoms with Crippen molar-refractivity contribution in [3.05, 3.63) is 66.7 Å². The van der Waals surface area contributed by atoms with E-state index in [4.69, 9.17) is 5.11 Å². The van der Waals surface area contributed by atoms with Crippen molar-refractivity contribution in [1.29, 1.82) is 0 Å². The van der Waals surface area contributed by atoms with Crippen LogP contribution in [-0.4, -0.2) is 22.5 Å². The van der Waals surface area contributed by atoms with Gasteiger partial charge in [0.15, 0.2) is 17.4 Å². The molecule has 72 valence electrons. The summed E-state index contributed by atoms with van der Waals surface area (Å²) in [6.45, 7) is 0. The summed E-state index contributed by atoms with van der Waals surface area (Å²) < 4.78 is 0. The molecule has 0 unspecified atom stereocenters. The maximum atomic E-state index is 8.63. The van der Waals surface area contributed by atoms with Gasteiger partial charge in [-0.15, -0.1) is 0 Å². The topological polar surface area (TPSA) is 20.2 Å². The summed E-state index contributed by atoms with van der Waals surface area (Å²) in [6.07, 6.45) is 0. The van der Waals surface area contributed by atoms with E-state index in [9.17, 15) is 0 Å². The van der Waals surface area contributed by atoms with Crippen LogP contribution in [0.1, 0.15) is 0 Å². The van der Waals surface area contributed by atoms with Crippen LogP contribution >= 0.6 is 0 Å². The van der Waals surface area contributed by atoms with E-state index in [0.29, 0.717) is 5.75 Å². The van der Waals surface area contributed by atoms with Crippen LogP contribution in [0.5, 0.6) is 5.75 Å². The minimum atomic E-state index is 0. The van der Waals surface area contributed by atoms with Gasteiger partial charge in [0.2, 0.25) is 0 Å². The molecule has 0 amide bonds. The Hall–Kier alpha value is -1.23. The number of para-hydroxylation sites is 1. The van der Waals surface area contributed by atoms with Gasteiger partial charge in [0.1, 0.15) is 5.75 Å². The number of rotatable bonds is 0. The van der Waals surface area contributed by atoms with Gasteiger partial charge in [0, 0.05) is 0 Å². The zero-order chi connectivity index (χ0) is 9.36. The Bertz CT molecular complexity index is 281. The highest BCUT2D eigenvalue weighted by Gasteiger charge is 1.74. The minimum absolute atomic E-state index is 0. The molecule has 0 heterocycles. The van der Waals surface area contributed by atoms with Gasteiger partial charge in [-0.1, -0.05) is 54.6 Å². The molecule has 14 heavy (non-hydrogen) atoms. The zero-order valence-electron chi connectivity index (χ0n) is 7.30. The molecule has 0 aliphatic rings. The molecule has 2 aromatic carbocycles. The van der Waals surface area contributed by atoms with Crippen LogP contribution in [0.2, 0.25) is 0 Å². The third kappa shape index (κ3) is 6.31. The smallest absolute Gasteiger partial charge is 0.187 e. The molecule has 0 atom stereocenters. The van der Waals surface area contributed by atoms with E-state index in [1.165, 1.54) is 0 Å². The van der Waals surface area contributed by atoms with E-state index >= 15 is 0 Å². The zero-order valence-corrected chi connectivity index (χ0v) is 7.30. The number of phenols is 1. The van der Waals surface area contributed by atoms with Crippen molar-refractivity contribution in [2.24, 2.45) is 0 Å². The van der Waals surface area contributed by atoms with Gasteiger partial charge in [-0.2, -0.15) is 0 Å². The van der Waals surface area contributed by atoms with Crippen LogP contribution in [0.25, 0.3) is 0 Å². The Morgan fingerprint density at radius 3 is 1.07 bits per heavy atom. The van der Waals surface area contributed by atoms with Gasteiger partial charge in [-0.05, 0) is 12.1 Å².